The van der Waals surface area contributed by atoms with E-state index in [-0.39, 0.29) is 5.65 Å². The largest absolute Gasteiger partial charge is 0.211 e. The fourth-order valence-corrected chi connectivity index (χ4v) is 1.19. The predicted molar refractivity (Wildman–Crippen MR) is 48.2 cm³/mol. The van der Waals surface area contributed by atoms with E-state index in [1.165, 1.54) is 4.52 Å². The Balaban J connectivity index is 2.34. The second-order valence-electron chi connectivity index (χ2n) is 3.07. The highest BCUT2D eigenvalue weighted by atomic mass is 19.1. The smallest absolute Gasteiger partial charge is 0.203 e. The van der Waals surface area contributed by atoms with Gasteiger partial charge in [-0.05, 0) is 6.42 Å². The first-order chi connectivity index (χ1) is 6.81. The van der Waals surface area contributed by atoms with Gasteiger partial charge >= 0.3 is 0 Å². The van der Waals surface area contributed by atoms with Crippen LogP contribution in [0.4, 0.5) is 4.39 Å². The van der Waals surface area contributed by atoms with E-state index < -0.39 is 5.82 Å². The molecule has 0 spiro atoms. The normalized spacial score (nSPS) is 11.0. The first-order valence-electron chi connectivity index (χ1n) is 4.59. The molecule has 0 aromatic carbocycles. The van der Waals surface area contributed by atoms with Gasteiger partial charge < -0.3 is 0 Å². The van der Waals surface area contributed by atoms with Crippen molar-refractivity contribution in [1.82, 2.24) is 19.6 Å². The van der Waals surface area contributed by atoms with Crippen LogP contribution in [0.5, 0.6) is 0 Å². The molecule has 14 heavy (non-hydrogen) atoms. The van der Waals surface area contributed by atoms with Crippen molar-refractivity contribution in [2.75, 3.05) is 0 Å². The Labute approximate surface area is 80.8 Å². The fourth-order valence-electron chi connectivity index (χ4n) is 1.19. The molecule has 2 heterocycles. The summed E-state index contributed by atoms with van der Waals surface area (Å²) >= 11 is 0. The second-order valence-corrected chi connectivity index (χ2v) is 3.07. The van der Waals surface area contributed by atoms with Gasteiger partial charge in [-0.15, -0.1) is 0 Å². The van der Waals surface area contributed by atoms with E-state index >= 15 is 0 Å². The van der Waals surface area contributed by atoms with Crippen molar-refractivity contribution in [3.63, 3.8) is 0 Å². The van der Waals surface area contributed by atoms with Crippen molar-refractivity contribution in [3.8, 4) is 0 Å². The van der Waals surface area contributed by atoms with Crippen LogP contribution in [-0.2, 0) is 6.42 Å². The molecule has 0 aliphatic rings. The average molecular weight is 193 g/mol. The lowest BCUT2D eigenvalue weighted by Gasteiger charge is -1.97. The first-order valence-corrected chi connectivity index (χ1v) is 4.59. The maximum absolute atomic E-state index is 13.1. The monoisotopic (exact) mass is 193 g/mol. The molecule has 2 aromatic rings. The number of rotatable bonds is 3. The molecule has 73 valence electrons. The zero-order valence-corrected chi connectivity index (χ0v) is 7.87. The zero-order chi connectivity index (χ0) is 9.97. The maximum atomic E-state index is 13.1. The zero-order valence-electron chi connectivity index (χ0n) is 7.87. The van der Waals surface area contributed by atoms with E-state index in [9.17, 15) is 4.39 Å². The molecule has 0 aliphatic heterocycles. The predicted octanol–water partition coefficient (Wildman–Crippen LogP) is 1.41. The van der Waals surface area contributed by atoms with Crippen LogP contribution in [0, 0.1) is 12.1 Å². The molecular formula is C9H10FN4. The van der Waals surface area contributed by atoms with Gasteiger partial charge in [-0.3, -0.25) is 0 Å². The molecule has 0 atom stereocenters. The summed E-state index contributed by atoms with van der Waals surface area (Å²) in [6.07, 6.45) is 6.54. The second kappa shape index (κ2) is 3.69. The van der Waals surface area contributed by atoms with Gasteiger partial charge in [0.15, 0.2) is 11.5 Å². The lowest BCUT2D eigenvalue weighted by atomic mass is 10.2. The van der Waals surface area contributed by atoms with E-state index in [4.69, 9.17) is 0 Å². The quantitative estimate of drug-likeness (QED) is 0.740. The van der Waals surface area contributed by atoms with E-state index in [1.54, 1.807) is 0 Å². The van der Waals surface area contributed by atoms with Crippen molar-refractivity contribution in [2.45, 2.75) is 26.2 Å². The highest BCUT2D eigenvalue weighted by Gasteiger charge is 2.06. The van der Waals surface area contributed by atoms with Gasteiger partial charge in [-0.25, -0.2) is 14.4 Å². The summed E-state index contributed by atoms with van der Waals surface area (Å²) in [5.41, 5.74) is 0.200. The van der Waals surface area contributed by atoms with Gasteiger partial charge in [0.2, 0.25) is 6.33 Å². The Morgan fingerprint density at radius 1 is 1.57 bits per heavy atom. The first kappa shape index (κ1) is 9.05. The van der Waals surface area contributed by atoms with Crippen LogP contribution in [0.2, 0.25) is 0 Å². The number of nitrogens with zero attached hydrogens (tertiary/aromatic N) is 4. The molecule has 4 nitrogen and oxygen atoms in total. The number of fused-ring (bicyclic) bond motifs is 1. The molecular weight excluding hydrogens is 183 g/mol. The Hall–Kier alpha value is -1.52. The van der Waals surface area contributed by atoms with Crippen molar-refractivity contribution >= 4 is 5.65 Å². The minimum atomic E-state index is -0.429. The lowest BCUT2D eigenvalue weighted by molar-refractivity contribution is 0.633. The average Bonchev–Trinajstić information content (AvgIpc) is 2.57. The number of halogens is 1. The van der Waals surface area contributed by atoms with E-state index in [1.807, 2.05) is 0 Å². The summed E-state index contributed by atoms with van der Waals surface area (Å²) < 4.78 is 14.3. The van der Waals surface area contributed by atoms with E-state index in [2.05, 4.69) is 28.3 Å². The number of hydrogen-bond donors (Lipinski definition) is 0. The van der Waals surface area contributed by atoms with Crippen LogP contribution in [-0.4, -0.2) is 19.6 Å². The summed E-state index contributed by atoms with van der Waals surface area (Å²) in [4.78, 5) is 8.01. The van der Waals surface area contributed by atoms with E-state index in [0.29, 0.717) is 5.82 Å². The van der Waals surface area contributed by atoms with Gasteiger partial charge in [0.25, 0.3) is 0 Å². The van der Waals surface area contributed by atoms with Gasteiger partial charge in [0, 0.05) is 6.42 Å². The highest BCUT2D eigenvalue weighted by molar-refractivity contribution is 5.36. The summed E-state index contributed by atoms with van der Waals surface area (Å²) in [6.45, 7) is 2.08. The van der Waals surface area contributed by atoms with Crippen molar-refractivity contribution in [1.29, 1.82) is 0 Å². The summed E-state index contributed by atoms with van der Waals surface area (Å²) in [7, 11) is 0. The number of aromatic nitrogens is 4. The van der Waals surface area contributed by atoms with Gasteiger partial charge in [-0.1, -0.05) is 13.3 Å². The molecule has 0 fully saturated rings. The minimum Gasteiger partial charge on any atom is -0.211 e. The van der Waals surface area contributed by atoms with Crippen LogP contribution in [0.25, 0.3) is 5.65 Å². The molecule has 0 unspecified atom stereocenters. The van der Waals surface area contributed by atoms with E-state index in [0.717, 1.165) is 25.5 Å². The fraction of sp³-hybridized carbons (Fsp3) is 0.444. The third-order valence-electron chi connectivity index (χ3n) is 1.96. The van der Waals surface area contributed by atoms with Crippen LogP contribution < -0.4 is 0 Å². The molecule has 2 aromatic heterocycles. The van der Waals surface area contributed by atoms with Crippen LogP contribution in [0.3, 0.4) is 0 Å². The minimum absolute atomic E-state index is 0.200. The number of aryl methyl sites for hydroxylation is 1. The number of unbranched alkanes of at least 4 members (excludes halogenated alkanes) is 1. The molecule has 5 heteroatoms. The van der Waals surface area contributed by atoms with Gasteiger partial charge in [-0.2, -0.15) is 9.61 Å². The standard InChI is InChI=1S/C9H10FN4/c1-2-3-4-8-11-6-14-9(13-8)7(10)5-12-14/h5H,2-4H2,1H3. The maximum Gasteiger partial charge on any atom is 0.203 e. The summed E-state index contributed by atoms with van der Waals surface area (Å²) in [5, 5.41) is 3.70. The van der Waals surface area contributed by atoms with Gasteiger partial charge in [0.1, 0.15) is 5.82 Å². The SMILES string of the molecule is CCCCc1n[c]n2ncc(F)c2n1. The Kier molecular flexibility index (Phi) is 2.39. The van der Waals surface area contributed by atoms with Crippen molar-refractivity contribution in [2.24, 2.45) is 0 Å². The van der Waals surface area contributed by atoms with Crippen LogP contribution in [0.15, 0.2) is 6.20 Å². The Bertz CT molecular complexity index is 437. The van der Waals surface area contributed by atoms with Crippen LogP contribution >= 0.6 is 0 Å². The molecule has 0 aliphatic carbocycles. The lowest BCUT2D eigenvalue weighted by Crippen LogP contribution is -2.00. The summed E-state index contributed by atoms with van der Waals surface area (Å²) in [5.74, 6) is 0.195. The molecule has 0 N–H and O–H groups in total. The van der Waals surface area contributed by atoms with Crippen LogP contribution in [0.1, 0.15) is 25.6 Å². The molecule has 2 rings (SSSR count). The van der Waals surface area contributed by atoms with Crippen molar-refractivity contribution in [3.05, 3.63) is 24.2 Å². The third kappa shape index (κ3) is 1.57. The number of hydrogen-bond acceptors (Lipinski definition) is 3. The molecule has 0 saturated carbocycles. The highest BCUT2D eigenvalue weighted by Crippen LogP contribution is 2.05. The Morgan fingerprint density at radius 3 is 3.21 bits per heavy atom. The van der Waals surface area contributed by atoms with Gasteiger partial charge in [0.05, 0.1) is 6.20 Å². The molecule has 0 saturated heterocycles. The topological polar surface area (TPSA) is 43.1 Å². The molecule has 0 amide bonds. The van der Waals surface area contributed by atoms with Crippen molar-refractivity contribution < 1.29 is 4.39 Å². The molecule has 0 bridgehead atoms. The Morgan fingerprint density at radius 2 is 2.43 bits per heavy atom. The molecule has 1 radical (unpaired) electrons. The summed E-state index contributed by atoms with van der Waals surface area (Å²) in [6, 6.07) is 0. The third-order valence-corrected chi connectivity index (χ3v) is 1.96.